The Morgan fingerprint density at radius 1 is 0.733 bits per heavy atom. The van der Waals surface area contributed by atoms with Crippen LogP contribution >= 0.6 is 0 Å². The monoisotopic (exact) mass is 226 g/mol. The summed E-state index contributed by atoms with van der Waals surface area (Å²) in [4.78, 5) is 0. The van der Waals surface area contributed by atoms with Gasteiger partial charge < -0.3 is 5.11 Å². The van der Waals surface area contributed by atoms with Gasteiger partial charge in [0.15, 0.2) is 23.3 Å². The number of hydrogen-bond donors (Lipinski definition) is 1. The average molecular weight is 226 g/mol. The van der Waals surface area contributed by atoms with Crippen LogP contribution in [0, 0.1) is 29.1 Å². The average Bonchev–Trinajstić information content (AvgIpc) is 2.09. The summed E-state index contributed by atoms with van der Waals surface area (Å²) in [7, 11) is 0. The molecule has 0 amide bonds. The smallest absolute Gasteiger partial charge is 0.200 e. The Morgan fingerprint density at radius 2 is 1.00 bits per heavy atom. The molecule has 0 aliphatic heterocycles. The minimum absolute atomic E-state index is 0.922. The van der Waals surface area contributed by atoms with E-state index in [2.05, 4.69) is 0 Å². The van der Waals surface area contributed by atoms with Crippen molar-refractivity contribution in [1.82, 2.24) is 0 Å². The topological polar surface area (TPSA) is 20.2 Å². The van der Waals surface area contributed by atoms with Gasteiger partial charge in [0.2, 0.25) is 5.82 Å². The van der Waals surface area contributed by atoms with E-state index < -0.39 is 40.3 Å². The lowest BCUT2D eigenvalue weighted by molar-refractivity contribution is 0.0676. The predicted molar refractivity (Wildman–Crippen MR) is 41.5 cm³/mol. The van der Waals surface area contributed by atoms with E-state index in [1.165, 1.54) is 0 Å². The second-order valence-electron chi connectivity index (χ2n) is 3.50. The second-order valence-corrected chi connectivity index (χ2v) is 3.50. The Bertz CT molecular complexity index is 379. The van der Waals surface area contributed by atoms with Gasteiger partial charge in [-0.15, -0.1) is 0 Å². The highest BCUT2D eigenvalue weighted by molar-refractivity contribution is 5.28. The molecule has 1 N–H and O–H groups in total. The van der Waals surface area contributed by atoms with Gasteiger partial charge in [-0.2, -0.15) is 0 Å². The summed E-state index contributed by atoms with van der Waals surface area (Å²) in [5, 5.41) is 9.25. The molecule has 6 heteroatoms. The largest absolute Gasteiger partial charge is 0.386 e. The molecule has 1 aromatic rings. The zero-order valence-corrected chi connectivity index (χ0v) is 7.84. The van der Waals surface area contributed by atoms with Crippen LogP contribution in [0.3, 0.4) is 0 Å². The molecule has 0 aromatic heterocycles. The molecule has 0 aliphatic carbocycles. The van der Waals surface area contributed by atoms with Crippen molar-refractivity contribution in [1.29, 1.82) is 0 Å². The zero-order valence-electron chi connectivity index (χ0n) is 7.84. The fourth-order valence-electron chi connectivity index (χ4n) is 1.14. The van der Waals surface area contributed by atoms with Crippen molar-refractivity contribution in [3.63, 3.8) is 0 Å². The van der Waals surface area contributed by atoms with Gasteiger partial charge >= 0.3 is 0 Å². The van der Waals surface area contributed by atoms with Crippen molar-refractivity contribution in [2.75, 3.05) is 0 Å². The molecule has 15 heavy (non-hydrogen) atoms. The highest BCUT2D eigenvalue weighted by Gasteiger charge is 2.33. The maximum Gasteiger partial charge on any atom is 0.200 e. The third-order valence-corrected chi connectivity index (χ3v) is 1.82. The fourth-order valence-corrected chi connectivity index (χ4v) is 1.14. The van der Waals surface area contributed by atoms with Crippen LogP contribution in [-0.4, -0.2) is 5.11 Å². The maximum absolute atomic E-state index is 13.0. The Hall–Kier alpha value is -1.17. The first-order chi connectivity index (χ1) is 6.68. The van der Waals surface area contributed by atoms with Crippen LogP contribution in [0.15, 0.2) is 0 Å². The van der Waals surface area contributed by atoms with Crippen LogP contribution in [0.25, 0.3) is 0 Å². The van der Waals surface area contributed by atoms with Crippen LogP contribution in [0.2, 0.25) is 0 Å². The summed E-state index contributed by atoms with van der Waals surface area (Å²) in [6.07, 6.45) is 0. The van der Waals surface area contributed by atoms with Gasteiger partial charge in [-0.05, 0) is 13.8 Å². The van der Waals surface area contributed by atoms with Gasteiger partial charge in [0.05, 0.1) is 11.2 Å². The van der Waals surface area contributed by atoms with Gasteiger partial charge in [-0.25, -0.2) is 22.0 Å². The third kappa shape index (κ3) is 1.81. The third-order valence-electron chi connectivity index (χ3n) is 1.82. The molecule has 0 saturated heterocycles. The lowest BCUT2D eigenvalue weighted by Gasteiger charge is -2.19. The summed E-state index contributed by atoms with van der Waals surface area (Å²) in [6.45, 7) is 1.84. The minimum Gasteiger partial charge on any atom is -0.386 e. The molecule has 0 atom stereocenters. The van der Waals surface area contributed by atoms with E-state index in [9.17, 15) is 27.1 Å². The van der Waals surface area contributed by atoms with Crippen LogP contribution in [0.4, 0.5) is 22.0 Å². The summed E-state index contributed by atoms with van der Waals surface area (Å²) in [5.74, 6) is -10.4. The molecular weight excluding hydrogens is 219 g/mol. The van der Waals surface area contributed by atoms with Gasteiger partial charge in [-0.3, -0.25) is 0 Å². The Balaban J connectivity index is 3.68. The molecule has 0 bridgehead atoms. The quantitative estimate of drug-likeness (QED) is 0.443. The Labute approximate surface area is 82.1 Å². The highest BCUT2D eigenvalue weighted by Crippen LogP contribution is 2.30. The predicted octanol–water partition coefficient (Wildman–Crippen LogP) is 2.61. The van der Waals surface area contributed by atoms with Crippen LogP contribution in [0.5, 0.6) is 0 Å². The van der Waals surface area contributed by atoms with Gasteiger partial charge in [0, 0.05) is 0 Å². The first kappa shape index (κ1) is 11.9. The SMILES string of the molecule is CC(C)(O)c1c(F)c(F)c(F)c(F)c1F. The number of aliphatic hydroxyl groups is 1. The normalized spacial score (nSPS) is 12.0. The van der Waals surface area contributed by atoms with Crippen LogP contribution < -0.4 is 0 Å². The van der Waals surface area contributed by atoms with Crippen LogP contribution in [-0.2, 0) is 5.60 Å². The van der Waals surface area contributed by atoms with E-state index in [0.29, 0.717) is 0 Å². The van der Waals surface area contributed by atoms with Crippen molar-refractivity contribution < 1.29 is 27.1 Å². The summed E-state index contributed by atoms with van der Waals surface area (Å²) < 4.78 is 63.9. The molecule has 84 valence electrons. The van der Waals surface area contributed by atoms with Crippen molar-refractivity contribution >= 4 is 0 Å². The number of hydrogen-bond acceptors (Lipinski definition) is 1. The number of benzene rings is 1. The molecule has 0 radical (unpaired) electrons. The molecule has 1 aromatic carbocycles. The molecule has 1 rings (SSSR count). The van der Waals surface area contributed by atoms with Gasteiger partial charge in [0.25, 0.3) is 0 Å². The van der Waals surface area contributed by atoms with E-state index in [1.54, 1.807) is 0 Å². The zero-order chi connectivity index (χ0) is 12.0. The lowest BCUT2D eigenvalue weighted by atomic mass is 9.96. The fraction of sp³-hybridized carbons (Fsp3) is 0.333. The molecular formula is C9H7F5O. The minimum atomic E-state index is -2.24. The highest BCUT2D eigenvalue weighted by atomic mass is 19.2. The van der Waals surface area contributed by atoms with Crippen LogP contribution in [0.1, 0.15) is 19.4 Å². The first-order valence-corrected chi connectivity index (χ1v) is 3.92. The Morgan fingerprint density at radius 3 is 1.27 bits per heavy atom. The van der Waals surface area contributed by atoms with E-state index in [0.717, 1.165) is 13.8 Å². The summed E-state index contributed by atoms with van der Waals surface area (Å²) >= 11 is 0. The molecule has 1 nitrogen and oxygen atoms in total. The maximum atomic E-state index is 13.0. The molecule has 0 unspecified atom stereocenters. The second kappa shape index (κ2) is 3.44. The molecule has 0 aliphatic rings. The number of rotatable bonds is 1. The van der Waals surface area contributed by atoms with E-state index in [1.807, 2.05) is 0 Å². The molecule has 0 fully saturated rings. The molecule has 0 heterocycles. The summed E-state index contributed by atoms with van der Waals surface area (Å²) in [6, 6.07) is 0. The number of halogens is 5. The van der Waals surface area contributed by atoms with Crippen molar-refractivity contribution in [3.05, 3.63) is 34.6 Å². The van der Waals surface area contributed by atoms with Gasteiger partial charge in [0.1, 0.15) is 0 Å². The van der Waals surface area contributed by atoms with Crippen molar-refractivity contribution in [2.24, 2.45) is 0 Å². The first-order valence-electron chi connectivity index (χ1n) is 3.92. The Kier molecular flexibility index (Phi) is 2.73. The van der Waals surface area contributed by atoms with E-state index >= 15 is 0 Å². The standard InChI is InChI=1S/C9H7F5O/c1-9(2,15)3-4(10)6(12)8(14)7(13)5(3)11/h15H,1-2H3. The molecule has 0 spiro atoms. The molecule has 0 saturated carbocycles. The van der Waals surface area contributed by atoms with Gasteiger partial charge in [-0.1, -0.05) is 0 Å². The van der Waals surface area contributed by atoms with E-state index in [4.69, 9.17) is 0 Å². The summed E-state index contributed by atoms with van der Waals surface area (Å²) in [5.41, 5.74) is -3.39. The van der Waals surface area contributed by atoms with Crippen molar-refractivity contribution in [2.45, 2.75) is 19.4 Å². The lowest BCUT2D eigenvalue weighted by Crippen LogP contribution is -2.22. The van der Waals surface area contributed by atoms with Crippen molar-refractivity contribution in [3.8, 4) is 0 Å². The van der Waals surface area contributed by atoms with E-state index in [-0.39, 0.29) is 0 Å².